The van der Waals surface area contributed by atoms with Crippen molar-refractivity contribution in [1.82, 2.24) is 9.97 Å². The first-order chi connectivity index (χ1) is 12.4. The van der Waals surface area contributed by atoms with Crippen molar-refractivity contribution in [3.05, 3.63) is 54.6 Å². The molecule has 0 spiro atoms. The number of quaternary nitrogens is 1. The summed E-state index contributed by atoms with van der Waals surface area (Å²) in [6.07, 6.45) is 0. The number of benzene rings is 2. The molecule has 2 aromatic heterocycles. The van der Waals surface area contributed by atoms with E-state index in [0.717, 1.165) is 65.6 Å². The van der Waals surface area contributed by atoms with Gasteiger partial charge in [-0.25, -0.2) is 4.98 Å². The molecular weight excluding hydrogens is 350 g/mol. The van der Waals surface area contributed by atoms with Crippen molar-refractivity contribution >= 4 is 27.9 Å². The van der Waals surface area contributed by atoms with Gasteiger partial charge in [-0.05, 0) is 12.1 Å². The molecule has 0 atom stereocenters. The monoisotopic (exact) mass is 367 g/mol. The Morgan fingerprint density at radius 1 is 0.846 bits per heavy atom. The van der Waals surface area contributed by atoms with Crippen LogP contribution < -0.4 is 17.3 Å². The van der Waals surface area contributed by atoms with E-state index in [-0.39, 0.29) is 12.4 Å². The van der Waals surface area contributed by atoms with Crippen LogP contribution in [0.25, 0.3) is 33.5 Å². The second-order valence-electron chi connectivity index (χ2n) is 6.25. The van der Waals surface area contributed by atoms with Crippen LogP contribution in [0.5, 0.6) is 0 Å². The Hall–Kier alpha value is -2.47. The van der Waals surface area contributed by atoms with Crippen LogP contribution in [-0.4, -0.2) is 36.3 Å². The van der Waals surface area contributed by atoms with Gasteiger partial charge >= 0.3 is 0 Å². The topological polar surface area (TPSA) is 52.6 Å². The van der Waals surface area contributed by atoms with Crippen molar-refractivity contribution in [3.63, 3.8) is 0 Å². The highest BCUT2D eigenvalue weighted by molar-refractivity contribution is 6.05. The van der Waals surface area contributed by atoms with E-state index in [1.54, 1.807) is 0 Å². The maximum Gasteiger partial charge on any atom is 0.274 e. The number of hydrogen-bond acceptors (Lipinski definition) is 4. The standard InChI is InChI=1S/C20H17N3O2.ClH/c1-2-6-14(7-3-1)19-21-17-15-8-4-5-9-16(15)25-18(17)20(22-19)23-10-12-24-13-11-23;/h1-9H,10-13H2;1H. The number of rotatable bonds is 2. The summed E-state index contributed by atoms with van der Waals surface area (Å²) in [7, 11) is 0. The van der Waals surface area contributed by atoms with Crippen LogP contribution in [0.15, 0.2) is 59.0 Å². The molecule has 5 nitrogen and oxygen atoms in total. The molecule has 6 heteroatoms. The fourth-order valence-electron chi connectivity index (χ4n) is 3.40. The Balaban J connectivity index is 0.00000168. The van der Waals surface area contributed by atoms with Crippen molar-refractivity contribution in [1.29, 1.82) is 0 Å². The Bertz CT molecular complexity index is 1040. The lowest BCUT2D eigenvalue weighted by Gasteiger charge is -2.22. The van der Waals surface area contributed by atoms with Gasteiger partial charge in [0.25, 0.3) is 5.82 Å². The quantitative estimate of drug-likeness (QED) is 0.523. The summed E-state index contributed by atoms with van der Waals surface area (Å²) in [6, 6.07) is 18.2. The second kappa shape index (κ2) is 7.03. The van der Waals surface area contributed by atoms with Crippen LogP contribution in [0.2, 0.25) is 0 Å². The van der Waals surface area contributed by atoms with Gasteiger partial charge in [0.15, 0.2) is 5.82 Å². The minimum absolute atomic E-state index is 0. The molecule has 0 saturated carbocycles. The Kier molecular flexibility index (Phi) is 4.59. The SMILES string of the molecule is [Cl-].c1ccc(-c2nc([NH+]3CCOCC3)c3oc4ccccc4c3n2)cc1. The fourth-order valence-corrected chi connectivity index (χ4v) is 3.40. The lowest BCUT2D eigenvalue weighted by molar-refractivity contribution is -0.844. The van der Waals surface area contributed by atoms with E-state index in [2.05, 4.69) is 6.07 Å². The number of hydrogen-bond donors (Lipinski definition) is 1. The predicted molar refractivity (Wildman–Crippen MR) is 95.9 cm³/mol. The highest BCUT2D eigenvalue weighted by Gasteiger charge is 2.26. The van der Waals surface area contributed by atoms with E-state index in [1.807, 2.05) is 48.5 Å². The minimum atomic E-state index is 0. The van der Waals surface area contributed by atoms with Crippen LogP contribution in [0.1, 0.15) is 0 Å². The summed E-state index contributed by atoms with van der Waals surface area (Å²) < 4.78 is 11.7. The average molecular weight is 368 g/mol. The van der Waals surface area contributed by atoms with E-state index >= 15 is 0 Å². The van der Waals surface area contributed by atoms with Gasteiger partial charge in [0.05, 0.1) is 13.2 Å². The molecule has 1 aliphatic rings. The first kappa shape index (κ1) is 17.0. The number of aromatic nitrogens is 2. The van der Waals surface area contributed by atoms with Crippen LogP contribution in [-0.2, 0) is 4.74 Å². The number of nitrogens with zero attached hydrogens (tertiary/aromatic N) is 2. The molecule has 4 aromatic rings. The summed E-state index contributed by atoms with van der Waals surface area (Å²) in [6.45, 7) is 3.25. The minimum Gasteiger partial charge on any atom is -1.00 e. The van der Waals surface area contributed by atoms with Crippen molar-refractivity contribution < 1.29 is 26.5 Å². The summed E-state index contributed by atoms with van der Waals surface area (Å²) in [5.41, 5.74) is 3.55. The van der Waals surface area contributed by atoms with Gasteiger partial charge < -0.3 is 21.6 Å². The van der Waals surface area contributed by atoms with Gasteiger partial charge in [0.2, 0.25) is 5.58 Å². The molecule has 1 N–H and O–H groups in total. The van der Waals surface area contributed by atoms with Crippen LogP contribution in [0.3, 0.4) is 0 Å². The first-order valence-electron chi connectivity index (χ1n) is 8.58. The normalized spacial score (nSPS) is 15.2. The number of fused-ring (bicyclic) bond motifs is 3. The second-order valence-corrected chi connectivity index (χ2v) is 6.25. The van der Waals surface area contributed by atoms with Gasteiger partial charge in [0, 0.05) is 10.9 Å². The molecule has 1 saturated heterocycles. The largest absolute Gasteiger partial charge is 1.00 e. The van der Waals surface area contributed by atoms with Gasteiger partial charge in [-0.2, -0.15) is 4.98 Å². The van der Waals surface area contributed by atoms with E-state index in [0.29, 0.717) is 0 Å². The average Bonchev–Trinajstić information content (AvgIpc) is 3.07. The van der Waals surface area contributed by atoms with Crippen molar-refractivity contribution in [2.75, 3.05) is 26.3 Å². The number of nitrogens with one attached hydrogen (secondary N) is 1. The highest BCUT2D eigenvalue weighted by Crippen LogP contribution is 2.31. The molecule has 3 heterocycles. The number of halogens is 1. The van der Waals surface area contributed by atoms with Crippen molar-refractivity contribution in [2.45, 2.75) is 0 Å². The molecule has 0 aliphatic carbocycles. The smallest absolute Gasteiger partial charge is 0.274 e. The van der Waals surface area contributed by atoms with Crippen LogP contribution in [0.4, 0.5) is 5.82 Å². The number of para-hydroxylation sites is 1. The van der Waals surface area contributed by atoms with Gasteiger partial charge in [-0.15, -0.1) is 0 Å². The molecule has 132 valence electrons. The number of morpholine rings is 1. The third kappa shape index (κ3) is 2.84. The van der Waals surface area contributed by atoms with E-state index in [1.165, 1.54) is 4.90 Å². The third-order valence-electron chi connectivity index (χ3n) is 4.68. The third-order valence-corrected chi connectivity index (χ3v) is 4.68. The molecule has 0 amide bonds. The highest BCUT2D eigenvalue weighted by atomic mass is 35.5. The molecule has 26 heavy (non-hydrogen) atoms. The van der Waals surface area contributed by atoms with E-state index in [9.17, 15) is 0 Å². The molecule has 0 bridgehead atoms. The van der Waals surface area contributed by atoms with Crippen LogP contribution >= 0.6 is 0 Å². The molecule has 1 aliphatic heterocycles. The summed E-state index contributed by atoms with van der Waals surface area (Å²) >= 11 is 0. The molecule has 0 radical (unpaired) electrons. The molecule has 2 aromatic carbocycles. The van der Waals surface area contributed by atoms with Gasteiger partial charge in [-0.3, -0.25) is 4.90 Å². The van der Waals surface area contributed by atoms with Crippen LogP contribution in [0, 0.1) is 0 Å². The summed E-state index contributed by atoms with van der Waals surface area (Å²) in [5.74, 6) is 1.68. The molecular formula is C20H18ClN3O2. The zero-order chi connectivity index (χ0) is 16.6. The van der Waals surface area contributed by atoms with Crippen molar-refractivity contribution in [2.24, 2.45) is 0 Å². The zero-order valence-corrected chi connectivity index (χ0v) is 14.9. The predicted octanol–water partition coefficient (Wildman–Crippen LogP) is -0.406. The first-order valence-corrected chi connectivity index (χ1v) is 8.58. The Morgan fingerprint density at radius 2 is 1.58 bits per heavy atom. The molecule has 5 rings (SSSR count). The number of ether oxygens (including phenoxy) is 1. The lowest BCUT2D eigenvalue weighted by atomic mass is 10.2. The van der Waals surface area contributed by atoms with Gasteiger partial charge in [-0.1, -0.05) is 42.5 Å². The molecule has 0 unspecified atom stereocenters. The van der Waals surface area contributed by atoms with Crippen molar-refractivity contribution in [3.8, 4) is 11.4 Å². The zero-order valence-electron chi connectivity index (χ0n) is 14.1. The maximum absolute atomic E-state index is 6.14. The maximum atomic E-state index is 6.14. The fraction of sp³-hybridized carbons (Fsp3) is 0.200. The lowest BCUT2D eigenvalue weighted by Crippen LogP contribution is -3.09. The Morgan fingerprint density at radius 3 is 2.38 bits per heavy atom. The Labute approximate surface area is 157 Å². The van der Waals surface area contributed by atoms with E-state index in [4.69, 9.17) is 19.1 Å². The number of furan rings is 1. The molecule has 1 fully saturated rings. The summed E-state index contributed by atoms with van der Waals surface area (Å²) in [5, 5.41) is 1.03. The van der Waals surface area contributed by atoms with Gasteiger partial charge in [0.1, 0.15) is 24.2 Å². The van der Waals surface area contributed by atoms with E-state index < -0.39 is 0 Å². The summed E-state index contributed by atoms with van der Waals surface area (Å²) in [4.78, 5) is 11.0.